The Hall–Kier alpha value is -3.81. The molecule has 0 aliphatic carbocycles. The van der Waals surface area contributed by atoms with Crippen LogP contribution >= 0.6 is 0 Å². The highest BCUT2D eigenvalue weighted by molar-refractivity contribution is 5.80. The van der Waals surface area contributed by atoms with Crippen LogP contribution in [0.15, 0.2) is 72.1 Å². The molecule has 0 bridgehead atoms. The van der Waals surface area contributed by atoms with E-state index in [1.807, 2.05) is 30.3 Å². The average molecular weight is 335 g/mol. The Balaban J connectivity index is 1.59. The molecule has 3 aromatic rings. The maximum atomic E-state index is 10.6. The van der Waals surface area contributed by atoms with Gasteiger partial charge < -0.3 is 4.74 Å². The number of benzene rings is 1. The smallest absolute Gasteiger partial charge is 0.287 e. The molecule has 8 nitrogen and oxygen atoms in total. The van der Waals surface area contributed by atoms with Crippen LogP contribution < -0.4 is 10.2 Å². The normalized spacial score (nSPS) is 10.6. The molecule has 0 amide bonds. The molecule has 3 rings (SSSR count). The molecular weight excluding hydrogens is 322 g/mol. The summed E-state index contributed by atoms with van der Waals surface area (Å²) in [6.07, 6.45) is 4.48. The van der Waals surface area contributed by atoms with Crippen molar-refractivity contribution in [1.82, 2.24) is 9.97 Å². The second kappa shape index (κ2) is 7.64. The lowest BCUT2D eigenvalue weighted by Crippen LogP contribution is -1.93. The summed E-state index contributed by atoms with van der Waals surface area (Å²) in [5, 5.41) is 14.7. The van der Waals surface area contributed by atoms with Crippen LogP contribution in [-0.4, -0.2) is 21.1 Å². The van der Waals surface area contributed by atoms with Gasteiger partial charge in [-0.3, -0.25) is 15.5 Å². The fourth-order valence-corrected chi connectivity index (χ4v) is 1.89. The van der Waals surface area contributed by atoms with Crippen LogP contribution in [0.5, 0.6) is 11.6 Å². The Kier molecular flexibility index (Phi) is 4.91. The minimum Gasteiger partial charge on any atom is -0.439 e. The first-order valence-corrected chi connectivity index (χ1v) is 7.29. The fraction of sp³-hybridized carbons (Fsp3) is 0. The molecule has 0 saturated heterocycles. The molecule has 0 radical (unpaired) electrons. The molecule has 8 heteroatoms. The molecule has 0 aliphatic heterocycles. The molecule has 25 heavy (non-hydrogen) atoms. The molecule has 2 aromatic heterocycles. The van der Waals surface area contributed by atoms with Crippen molar-refractivity contribution in [3.63, 3.8) is 0 Å². The fourth-order valence-electron chi connectivity index (χ4n) is 1.89. The summed E-state index contributed by atoms with van der Waals surface area (Å²) in [6.45, 7) is 0. The first-order chi connectivity index (χ1) is 12.2. The Labute approximate surface area is 143 Å². The Bertz CT molecular complexity index is 865. The molecule has 1 N–H and O–H groups in total. The molecule has 0 saturated carbocycles. The molecule has 0 aliphatic rings. The number of nitro groups is 1. The molecular formula is C17H13N5O3. The lowest BCUT2D eigenvalue weighted by molar-refractivity contribution is -0.385. The number of pyridine rings is 2. The van der Waals surface area contributed by atoms with Crippen molar-refractivity contribution < 1.29 is 9.66 Å². The molecule has 124 valence electrons. The van der Waals surface area contributed by atoms with Gasteiger partial charge in [0.15, 0.2) is 0 Å². The summed E-state index contributed by atoms with van der Waals surface area (Å²) in [4.78, 5) is 18.1. The highest BCUT2D eigenvalue weighted by Gasteiger charge is 2.06. The van der Waals surface area contributed by atoms with Crippen molar-refractivity contribution in [1.29, 1.82) is 0 Å². The standard InChI is InChI=1S/C17H13N5O3/c23-22(24)14-6-9-17(19-12-14)25-15-7-4-13(5-8-15)11-20-21-16-3-1-2-10-18-16/h1-12H,(H,18,21)/b20-11-. The summed E-state index contributed by atoms with van der Waals surface area (Å²) >= 11 is 0. The van der Waals surface area contributed by atoms with E-state index in [4.69, 9.17) is 4.74 Å². The van der Waals surface area contributed by atoms with Gasteiger partial charge in [0.1, 0.15) is 17.8 Å². The third-order valence-corrected chi connectivity index (χ3v) is 3.09. The monoisotopic (exact) mass is 335 g/mol. The van der Waals surface area contributed by atoms with Crippen molar-refractivity contribution in [2.75, 3.05) is 5.43 Å². The van der Waals surface area contributed by atoms with E-state index >= 15 is 0 Å². The van der Waals surface area contributed by atoms with Crippen molar-refractivity contribution in [2.24, 2.45) is 5.10 Å². The van der Waals surface area contributed by atoms with E-state index in [1.165, 1.54) is 12.1 Å². The molecule has 2 heterocycles. The van der Waals surface area contributed by atoms with E-state index in [9.17, 15) is 10.1 Å². The number of hydrazone groups is 1. The Morgan fingerprint density at radius 1 is 1.08 bits per heavy atom. The van der Waals surface area contributed by atoms with E-state index in [0.29, 0.717) is 11.6 Å². The van der Waals surface area contributed by atoms with Gasteiger partial charge in [0.25, 0.3) is 5.69 Å². The van der Waals surface area contributed by atoms with E-state index in [1.54, 1.807) is 24.5 Å². The average Bonchev–Trinajstić information content (AvgIpc) is 2.64. The van der Waals surface area contributed by atoms with Gasteiger partial charge >= 0.3 is 0 Å². The summed E-state index contributed by atoms with van der Waals surface area (Å²) < 4.78 is 5.54. The van der Waals surface area contributed by atoms with Crippen molar-refractivity contribution in [2.45, 2.75) is 0 Å². The second-order valence-electron chi connectivity index (χ2n) is 4.87. The first kappa shape index (κ1) is 16.1. The van der Waals surface area contributed by atoms with Gasteiger partial charge in [-0.2, -0.15) is 5.10 Å². The minimum absolute atomic E-state index is 0.0840. The molecule has 0 fully saturated rings. The van der Waals surface area contributed by atoms with Gasteiger partial charge in [0.2, 0.25) is 5.88 Å². The van der Waals surface area contributed by atoms with Gasteiger partial charge in [-0.05, 0) is 42.0 Å². The van der Waals surface area contributed by atoms with Crippen molar-refractivity contribution in [3.05, 3.63) is 82.7 Å². The summed E-state index contributed by atoms with van der Waals surface area (Å²) in [5.41, 5.74) is 3.61. The lowest BCUT2D eigenvalue weighted by atomic mass is 10.2. The number of anilines is 1. The predicted octanol–water partition coefficient (Wildman–Crippen LogP) is 3.62. The second-order valence-corrected chi connectivity index (χ2v) is 4.87. The van der Waals surface area contributed by atoms with Crippen LogP contribution in [0, 0.1) is 10.1 Å². The molecule has 0 atom stereocenters. The topological polar surface area (TPSA) is 103 Å². The number of ether oxygens (including phenoxy) is 1. The molecule has 1 aromatic carbocycles. The van der Waals surface area contributed by atoms with Crippen LogP contribution in [0.1, 0.15) is 5.56 Å². The first-order valence-electron chi connectivity index (χ1n) is 7.29. The SMILES string of the molecule is O=[N+]([O-])c1ccc(Oc2ccc(/C=N\Nc3ccccn3)cc2)nc1. The summed E-state index contributed by atoms with van der Waals surface area (Å²) in [5.74, 6) is 1.50. The quantitative estimate of drug-likeness (QED) is 0.419. The maximum Gasteiger partial charge on any atom is 0.287 e. The zero-order chi connectivity index (χ0) is 17.5. The van der Waals surface area contributed by atoms with Gasteiger partial charge in [-0.1, -0.05) is 6.07 Å². The third kappa shape index (κ3) is 4.58. The van der Waals surface area contributed by atoms with E-state index in [0.717, 1.165) is 11.8 Å². The number of hydrogen-bond donors (Lipinski definition) is 1. The van der Waals surface area contributed by atoms with E-state index in [2.05, 4.69) is 20.5 Å². The third-order valence-electron chi connectivity index (χ3n) is 3.09. The number of aromatic nitrogens is 2. The zero-order valence-electron chi connectivity index (χ0n) is 12.9. The number of hydrogen-bond acceptors (Lipinski definition) is 7. The van der Waals surface area contributed by atoms with Gasteiger partial charge in [-0.15, -0.1) is 0 Å². The van der Waals surface area contributed by atoms with Crippen molar-refractivity contribution in [3.8, 4) is 11.6 Å². The minimum atomic E-state index is -0.510. The highest BCUT2D eigenvalue weighted by Crippen LogP contribution is 2.21. The number of rotatable bonds is 6. The predicted molar refractivity (Wildman–Crippen MR) is 92.9 cm³/mol. The Morgan fingerprint density at radius 3 is 2.56 bits per heavy atom. The zero-order valence-corrected chi connectivity index (χ0v) is 12.9. The van der Waals surface area contributed by atoms with Crippen molar-refractivity contribution >= 4 is 17.7 Å². The highest BCUT2D eigenvalue weighted by atomic mass is 16.6. The largest absolute Gasteiger partial charge is 0.439 e. The number of nitrogens with one attached hydrogen (secondary N) is 1. The lowest BCUT2D eigenvalue weighted by Gasteiger charge is -2.04. The van der Waals surface area contributed by atoms with Crippen LogP contribution in [0.4, 0.5) is 11.5 Å². The van der Waals surface area contributed by atoms with Gasteiger partial charge in [0.05, 0.1) is 11.1 Å². The van der Waals surface area contributed by atoms with E-state index < -0.39 is 4.92 Å². The molecule has 0 unspecified atom stereocenters. The Morgan fingerprint density at radius 2 is 1.92 bits per heavy atom. The van der Waals surface area contributed by atoms with Gasteiger partial charge in [0, 0.05) is 18.3 Å². The summed E-state index contributed by atoms with van der Waals surface area (Å²) in [7, 11) is 0. The van der Waals surface area contributed by atoms with Crippen LogP contribution in [0.3, 0.4) is 0 Å². The summed E-state index contributed by atoms with van der Waals surface area (Å²) in [6, 6.07) is 15.4. The van der Waals surface area contributed by atoms with Crippen LogP contribution in [-0.2, 0) is 0 Å². The molecule has 0 spiro atoms. The van der Waals surface area contributed by atoms with Crippen LogP contribution in [0.25, 0.3) is 0 Å². The van der Waals surface area contributed by atoms with E-state index in [-0.39, 0.29) is 11.6 Å². The van der Waals surface area contributed by atoms with Crippen LogP contribution in [0.2, 0.25) is 0 Å². The maximum absolute atomic E-state index is 10.6. The van der Waals surface area contributed by atoms with Gasteiger partial charge in [-0.25, -0.2) is 9.97 Å². The number of nitrogens with zero attached hydrogens (tertiary/aromatic N) is 4.